The van der Waals surface area contributed by atoms with E-state index < -0.39 is 8.32 Å². The van der Waals surface area contributed by atoms with Crippen LogP contribution in [0.5, 0.6) is 0 Å². The number of hydrogen-bond acceptors (Lipinski definition) is 5. The Labute approximate surface area is 186 Å². The second-order valence-corrected chi connectivity index (χ2v) is 13.2. The number of unbranched alkanes of at least 4 members (excludes halogenated alkanes) is 4. The molecule has 0 amide bonds. The van der Waals surface area contributed by atoms with Crippen LogP contribution in [0.1, 0.15) is 66.2 Å². The first-order valence-corrected chi connectivity index (χ1v) is 13.8. The van der Waals surface area contributed by atoms with Crippen molar-refractivity contribution in [3.8, 4) is 24.7 Å². The smallest absolute Gasteiger partial charge is 0.332 e. The Morgan fingerprint density at radius 1 is 0.867 bits per heavy atom. The van der Waals surface area contributed by atoms with Gasteiger partial charge in [-0.2, -0.15) is 0 Å². The van der Waals surface area contributed by atoms with Crippen LogP contribution in [0, 0.1) is 24.7 Å². The van der Waals surface area contributed by atoms with Crippen LogP contribution in [0.3, 0.4) is 0 Å². The van der Waals surface area contributed by atoms with E-state index in [1.807, 2.05) is 0 Å². The van der Waals surface area contributed by atoms with Gasteiger partial charge in [-0.05, 0) is 50.7 Å². The first kappa shape index (κ1) is 30.9. The predicted octanol–water partition coefficient (Wildman–Crippen LogP) is 5.20. The molecule has 0 aliphatic heterocycles. The van der Waals surface area contributed by atoms with E-state index in [4.69, 9.17) is 26.7 Å². The Balaban J connectivity index is 0. The molecule has 5 nitrogen and oxygen atoms in total. The van der Waals surface area contributed by atoms with E-state index in [0.717, 1.165) is 45.1 Å². The zero-order chi connectivity index (χ0) is 23.3. The van der Waals surface area contributed by atoms with Crippen LogP contribution in [0.25, 0.3) is 0 Å². The van der Waals surface area contributed by atoms with Crippen molar-refractivity contribution in [2.24, 2.45) is 0 Å². The van der Waals surface area contributed by atoms with Crippen molar-refractivity contribution in [2.45, 2.75) is 84.4 Å². The van der Waals surface area contributed by atoms with Crippen molar-refractivity contribution >= 4 is 14.3 Å². The topological polar surface area (TPSA) is 54.0 Å². The van der Waals surface area contributed by atoms with Gasteiger partial charge in [0.1, 0.15) is 6.61 Å². The second kappa shape index (κ2) is 19.6. The maximum absolute atomic E-state index is 10.8. The molecule has 0 aromatic rings. The lowest BCUT2D eigenvalue weighted by atomic mass is 10.2. The third-order valence-corrected chi connectivity index (χ3v) is 9.28. The van der Waals surface area contributed by atoms with E-state index >= 15 is 0 Å². The zero-order valence-electron chi connectivity index (χ0n) is 20.2. The molecule has 0 unspecified atom stereocenters. The van der Waals surface area contributed by atoms with Crippen LogP contribution in [0.15, 0.2) is 0 Å². The van der Waals surface area contributed by atoms with Crippen LogP contribution in [-0.2, 0) is 23.4 Å². The number of hydrogen-bond donors (Lipinski definition) is 0. The summed E-state index contributed by atoms with van der Waals surface area (Å²) in [5, 5.41) is 0.278. The van der Waals surface area contributed by atoms with Crippen molar-refractivity contribution in [2.75, 3.05) is 39.6 Å². The molecule has 0 saturated heterocycles. The van der Waals surface area contributed by atoms with E-state index in [9.17, 15) is 4.79 Å². The number of ether oxygens (including phenoxy) is 3. The summed E-state index contributed by atoms with van der Waals surface area (Å²) in [6.45, 7) is 16.3. The van der Waals surface area contributed by atoms with Gasteiger partial charge in [-0.25, -0.2) is 4.79 Å². The maximum Gasteiger partial charge on any atom is 0.332 e. The Kier molecular flexibility index (Phi) is 20.2. The fourth-order valence-electron chi connectivity index (χ4n) is 1.89. The summed E-state index contributed by atoms with van der Waals surface area (Å²) in [6, 6.07) is 0. The normalized spacial score (nSPS) is 11.1. The van der Waals surface area contributed by atoms with Crippen molar-refractivity contribution < 1.29 is 23.4 Å². The molecule has 0 spiro atoms. The quantitative estimate of drug-likeness (QED) is 0.152. The lowest BCUT2D eigenvalue weighted by Gasteiger charge is -2.36. The number of carbonyl (C=O) groups excluding carboxylic acids is 1. The van der Waals surface area contributed by atoms with Crippen molar-refractivity contribution in [1.82, 2.24) is 0 Å². The van der Waals surface area contributed by atoms with E-state index in [-0.39, 0.29) is 17.6 Å². The van der Waals surface area contributed by atoms with Gasteiger partial charge in [-0.3, -0.25) is 0 Å². The first-order chi connectivity index (χ1) is 14.1. The van der Waals surface area contributed by atoms with E-state index in [2.05, 4.69) is 50.4 Å². The Morgan fingerprint density at radius 3 is 1.87 bits per heavy atom. The molecule has 0 radical (unpaired) electrons. The summed E-state index contributed by atoms with van der Waals surface area (Å²) in [6.07, 6.45) is 15.8. The summed E-state index contributed by atoms with van der Waals surface area (Å²) < 4.78 is 21.2. The van der Waals surface area contributed by atoms with Crippen molar-refractivity contribution in [3.63, 3.8) is 0 Å². The highest BCUT2D eigenvalue weighted by atomic mass is 28.4. The minimum Gasteiger partial charge on any atom is -0.464 e. The van der Waals surface area contributed by atoms with Gasteiger partial charge in [-0.15, -0.1) is 24.7 Å². The van der Waals surface area contributed by atoms with Gasteiger partial charge in [0, 0.05) is 26.1 Å². The lowest BCUT2D eigenvalue weighted by molar-refractivity contribution is -0.148. The van der Waals surface area contributed by atoms with Crippen LogP contribution in [-0.4, -0.2) is 53.9 Å². The third kappa shape index (κ3) is 20.0. The lowest BCUT2D eigenvalue weighted by Crippen LogP contribution is -2.41. The third-order valence-electron chi connectivity index (χ3n) is 4.74. The van der Waals surface area contributed by atoms with Crippen LogP contribution < -0.4 is 0 Å². The molecule has 0 N–H and O–H groups in total. The average molecular weight is 441 g/mol. The van der Waals surface area contributed by atoms with Gasteiger partial charge in [0.2, 0.25) is 0 Å². The standard InChI is InChI=1S/C14H28O2Si.C10H16O3/c1-7-8-9-10-11-15-12-13-16-17(5,6)14(2,3)4;1-3-5-6-7-8-12-9-10(11)13-4-2/h1H,8-13H2,2-6H3;1H,4-9H2,2H3. The first-order valence-electron chi connectivity index (χ1n) is 10.9. The number of terminal acetylenes is 2. The Hall–Kier alpha value is -1.31. The maximum atomic E-state index is 10.8. The van der Waals surface area contributed by atoms with E-state index in [1.54, 1.807) is 6.92 Å². The molecule has 0 aromatic heterocycles. The summed E-state index contributed by atoms with van der Waals surface area (Å²) >= 11 is 0. The Morgan fingerprint density at radius 2 is 1.40 bits per heavy atom. The van der Waals surface area contributed by atoms with Crippen LogP contribution in [0.4, 0.5) is 0 Å². The molecule has 174 valence electrons. The molecule has 6 heteroatoms. The predicted molar refractivity (Wildman–Crippen MR) is 127 cm³/mol. The van der Waals surface area contributed by atoms with Gasteiger partial charge in [0.05, 0.1) is 19.8 Å². The molecule has 0 aliphatic carbocycles. The van der Waals surface area contributed by atoms with Crippen molar-refractivity contribution in [3.05, 3.63) is 0 Å². The highest BCUT2D eigenvalue weighted by Gasteiger charge is 2.36. The summed E-state index contributed by atoms with van der Waals surface area (Å²) in [5.74, 6) is 4.87. The van der Waals surface area contributed by atoms with Crippen LogP contribution in [0.2, 0.25) is 18.1 Å². The molecule has 0 aromatic carbocycles. The summed E-state index contributed by atoms with van der Waals surface area (Å²) in [7, 11) is -1.59. The number of carbonyl (C=O) groups is 1. The minimum atomic E-state index is -1.59. The second-order valence-electron chi connectivity index (χ2n) is 8.40. The monoisotopic (exact) mass is 440 g/mol. The summed E-state index contributed by atoms with van der Waals surface area (Å²) in [4.78, 5) is 10.8. The molecule has 0 fully saturated rings. The van der Waals surface area contributed by atoms with Crippen LogP contribution >= 0.6 is 0 Å². The van der Waals surface area contributed by atoms with Gasteiger partial charge < -0.3 is 18.6 Å². The van der Waals surface area contributed by atoms with Gasteiger partial charge in [0.25, 0.3) is 0 Å². The largest absolute Gasteiger partial charge is 0.464 e. The van der Waals surface area contributed by atoms with Crippen molar-refractivity contribution in [1.29, 1.82) is 0 Å². The van der Waals surface area contributed by atoms with Gasteiger partial charge in [-0.1, -0.05) is 20.8 Å². The highest BCUT2D eigenvalue weighted by Crippen LogP contribution is 2.36. The molecule has 0 atom stereocenters. The number of esters is 1. The SMILES string of the molecule is C#CCCCCOCC(=O)OCC.C#CCCCCOCCO[Si](C)(C)C(C)(C)C. The molecule has 0 heterocycles. The fourth-order valence-corrected chi connectivity index (χ4v) is 2.92. The molecule has 0 aliphatic rings. The highest BCUT2D eigenvalue weighted by molar-refractivity contribution is 6.74. The molecule has 0 rings (SSSR count). The van der Waals surface area contributed by atoms with E-state index in [1.165, 1.54) is 0 Å². The average Bonchev–Trinajstić information content (AvgIpc) is 2.66. The minimum absolute atomic E-state index is 0.0455. The molecular formula is C24H44O5Si. The van der Waals surface area contributed by atoms with E-state index in [0.29, 0.717) is 26.4 Å². The molecule has 0 bridgehead atoms. The fraction of sp³-hybridized carbons (Fsp3) is 0.792. The molecule has 0 saturated carbocycles. The molecule has 30 heavy (non-hydrogen) atoms. The zero-order valence-corrected chi connectivity index (χ0v) is 21.2. The Bertz CT molecular complexity index is 497. The summed E-state index contributed by atoms with van der Waals surface area (Å²) in [5.41, 5.74) is 0. The van der Waals surface area contributed by atoms with Gasteiger partial charge in [0.15, 0.2) is 8.32 Å². The number of rotatable bonds is 15. The molecular weight excluding hydrogens is 396 g/mol. The van der Waals surface area contributed by atoms with Gasteiger partial charge >= 0.3 is 5.97 Å².